The van der Waals surface area contributed by atoms with E-state index in [0.29, 0.717) is 0 Å². The first kappa shape index (κ1) is 23.0. The zero-order chi connectivity index (χ0) is 26.9. The largest absolute Gasteiger partial charge is 0.456 e. The Bertz CT molecular complexity index is 2250. The van der Waals surface area contributed by atoms with E-state index in [4.69, 9.17) is 4.42 Å². The van der Waals surface area contributed by atoms with Crippen LogP contribution in [0.3, 0.4) is 0 Å². The second-order valence-corrected chi connectivity index (χ2v) is 11.9. The smallest absolute Gasteiger partial charge is 0.136 e. The third-order valence-electron chi connectivity index (χ3n) is 8.55. The van der Waals surface area contributed by atoms with Crippen LogP contribution in [0.5, 0.6) is 0 Å². The van der Waals surface area contributed by atoms with E-state index in [9.17, 15) is 0 Å². The summed E-state index contributed by atoms with van der Waals surface area (Å²) in [5, 5.41) is 4.92. The van der Waals surface area contributed by atoms with Crippen molar-refractivity contribution in [2.24, 2.45) is 0 Å². The molecule has 0 fully saturated rings. The molecule has 9 rings (SSSR count). The highest BCUT2D eigenvalue weighted by Gasteiger charge is 2.19. The highest BCUT2D eigenvalue weighted by molar-refractivity contribution is 7.97. The summed E-state index contributed by atoms with van der Waals surface area (Å²) in [6.45, 7) is 0. The normalized spacial score (nSPS) is 13.1. The Morgan fingerprint density at radius 1 is 0.488 bits per heavy atom. The van der Waals surface area contributed by atoms with Crippen molar-refractivity contribution in [3.63, 3.8) is 0 Å². The molecule has 1 aliphatic heterocycles. The van der Waals surface area contributed by atoms with Crippen LogP contribution in [0.4, 0.5) is 0 Å². The molecule has 0 saturated carbocycles. The molecule has 194 valence electrons. The fraction of sp³-hybridized carbons (Fsp3) is 0.0526. The van der Waals surface area contributed by atoms with Gasteiger partial charge in [0.15, 0.2) is 0 Å². The summed E-state index contributed by atoms with van der Waals surface area (Å²) in [6.07, 6.45) is 0. The zero-order valence-electron chi connectivity index (χ0n) is 22.3. The predicted octanol–water partition coefficient (Wildman–Crippen LogP) is 10.8. The number of thioether (sulfide) groups is 1. The van der Waals surface area contributed by atoms with Crippen LogP contribution in [0.25, 0.3) is 71.7 Å². The highest BCUT2D eigenvalue weighted by atomic mass is 32.2. The number of para-hydroxylation sites is 3. The van der Waals surface area contributed by atoms with Gasteiger partial charge in [-0.15, -0.1) is 0 Å². The van der Waals surface area contributed by atoms with E-state index in [-0.39, 0.29) is 0 Å². The molecule has 2 aromatic heterocycles. The number of furan rings is 1. The molecule has 0 saturated heterocycles. The highest BCUT2D eigenvalue weighted by Crippen LogP contribution is 2.41. The van der Waals surface area contributed by atoms with Crippen LogP contribution in [0.15, 0.2) is 132 Å². The van der Waals surface area contributed by atoms with Gasteiger partial charge in [0.1, 0.15) is 11.2 Å². The average Bonchev–Trinajstić information content (AvgIpc) is 3.50. The summed E-state index contributed by atoms with van der Waals surface area (Å²) in [7, 11) is 0. The quantitative estimate of drug-likeness (QED) is 0.216. The summed E-state index contributed by atoms with van der Waals surface area (Å²) < 4.78 is 8.62. The van der Waals surface area contributed by atoms with Crippen molar-refractivity contribution in [3.8, 4) is 27.9 Å². The number of hydrogen-bond donors (Lipinski definition) is 0. The second-order valence-electron chi connectivity index (χ2n) is 10.9. The van der Waals surface area contributed by atoms with Gasteiger partial charge in [-0.2, -0.15) is 11.8 Å². The zero-order valence-corrected chi connectivity index (χ0v) is 23.1. The Labute approximate surface area is 241 Å². The molecule has 3 heteroatoms. The van der Waals surface area contributed by atoms with E-state index in [2.05, 4.69) is 120 Å². The van der Waals surface area contributed by atoms with Gasteiger partial charge in [-0.25, -0.2) is 0 Å². The van der Waals surface area contributed by atoms with E-state index in [1.807, 2.05) is 23.9 Å². The van der Waals surface area contributed by atoms with Gasteiger partial charge in [-0.1, -0.05) is 78.9 Å². The fourth-order valence-electron chi connectivity index (χ4n) is 6.61. The van der Waals surface area contributed by atoms with Gasteiger partial charge in [0.25, 0.3) is 0 Å². The Hall–Kier alpha value is -4.73. The van der Waals surface area contributed by atoms with Crippen LogP contribution < -0.4 is 0 Å². The van der Waals surface area contributed by atoms with Crippen molar-refractivity contribution in [1.82, 2.24) is 4.57 Å². The van der Waals surface area contributed by atoms with Crippen LogP contribution in [0.2, 0.25) is 0 Å². The van der Waals surface area contributed by atoms with E-state index < -0.39 is 0 Å². The lowest BCUT2D eigenvalue weighted by molar-refractivity contribution is 0.669. The minimum atomic E-state index is 0.936. The molecule has 0 aliphatic carbocycles. The number of fused-ring (bicyclic) bond motifs is 9. The molecule has 0 amide bonds. The Morgan fingerprint density at radius 3 is 1.98 bits per heavy atom. The lowest BCUT2D eigenvalue weighted by atomic mass is 9.92. The summed E-state index contributed by atoms with van der Waals surface area (Å²) in [5.74, 6) is 2.01. The van der Waals surface area contributed by atoms with E-state index >= 15 is 0 Å². The third-order valence-corrected chi connectivity index (χ3v) is 9.58. The first-order chi connectivity index (χ1) is 20.3. The Balaban J connectivity index is 1.18. The second kappa shape index (κ2) is 8.89. The Morgan fingerprint density at radius 2 is 1.15 bits per heavy atom. The van der Waals surface area contributed by atoms with Crippen LogP contribution in [-0.2, 0) is 11.5 Å². The molecule has 0 spiro atoms. The molecule has 6 aromatic carbocycles. The topological polar surface area (TPSA) is 18.1 Å². The maximum absolute atomic E-state index is 6.21. The molecule has 1 aliphatic rings. The van der Waals surface area contributed by atoms with Crippen molar-refractivity contribution in [2.75, 3.05) is 0 Å². The van der Waals surface area contributed by atoms with Crippen LogP contribution in [-0.4, -0.2) is 4.57 Å². The van der Waals surface area contributed by atoms with Crippen LogP contribution in [0, 0.1) is 0 Å². The summed E-state index contributed by atoms with van der Waals surface area (Å²) in [4.78, 5) is 0. The van der Waals surface area contributed by atoms with Crippen molar-refractivity contribution >= 4 is 55.5 Å². The SMILES string of the molecule is c1ccc2c(c1)oc1cc(-c3ccc4c(c3)-c3ccc(-n5c6ccccc6c6ccccc65)cc3CSC4)ccc12. The molecule has 0 N–H and O–H groups in total. The van der Waals surface area contributed by atoms with E-state index in [0.717, 1.165) is 22.7 Å². The molecule has 41 heavy (non-hydrogen) atoms. The number of rotatable bonds is 2. The van der Waals surface area contributed by atoms with Gasteiger partial charge in [-0.3, -0.25) is 0 Å². The van der Waals surface area contributed by atoms with Gasteiger partial charge in [0.2, 0.25) is 0 Å². The lowest BCUT2D eigenvalue weighted by Gasteiger charge is -2.15. The molecule has 3 heterocycles. The molecular formula is C38H25NOS. The summed E-state index contributed by atoms with van der Waals surface area (Å²) >= 11 is 2.00. The number of aromatic nitrogens is 1. The van der Waals surface area contributed by atoms with Gasteiger partial charge in [0.05, 0.1) is 11.0 Å². The first-order valence-corrected chi connectivity index (χ1v) is 15.2. The lowest BCUT2D eigenvalue weighted by Crippen LogP contribution is -1.97. The van der Waals surface area contributed by atoms with Gasteiger partial charge >= 0.3 is 0 Å². The van der Waals surface area contributed by atoms with E-state index in [1.165, 1.54) is 71.6 Å². The van der Waals surface area contributed by atoms with Gasteiger partial charge in [-0.05, 0) is 81.9 Å². The van der Waals surface area contributed by atoms with Crippen molar-refractivity contribution in [1.29, 1.82) is 0 Å². The molecule has 0 bridgehead atoms. The van der Waals surface area contributed by atoms with Crippen LogP contribution in [0.1, 0.15) is 11.1 Å². The van der Waals surface area contributed by atoms with Gasteiger partial charge < -0.3 is 8.98 Å². The van der Waals surface area contributed by atoms with E-state index in [1.54, 1.807) is 0 Å². The molecule has 0 unspecified atom stereocenters. The maximum Gasteiger partial charge on any atom is 0.136 e. The fourth-order valence-corrected chi connectivity index (χ4v) is 7.64. The predicted molar refractivity (Wildman–Crippen MR) is 174 cm³/mol. The molecule has 0 atom stereocenters. The average molecular weight is 544 g/mol. The number of benzene rings is 6. The molecule has 8 aromatic rings. The van der Waals surface area contributed by atoms with Crippen molar-refractivity contribution in [3.05, 3.63) is 139 Å². The van der Waals surface area contributed by atoms with Crippen molar-refractivity contribution in [2.45, 2.75) is 11.5 Å². The summed E-state index contributed by atoms with van der Waals surface area (Å²) in [6, 6.07) is 46.3. The molecule has 2 nitrogen and oxygen atoms in total. The maximum atomic E-state index is 6.21. The molecule has 0 radical (unpaired) electrons. The first-order valence-electron chi connectivity index (χ1n) is 14.1. The molecular weight excluding hydrogens is 518 g/mol. The van der Waals surface area contributed by atoms with Crippen LogP contribution >= 0.6 is 11.8 Å². The monoisotopic (exact) mass is 543 g/mol. The van der Waals surface area contributed by atoms with Gasteiger partial charge in [0, 0.05) is 38.7 Å². The number of hydrogen-bond acceptors (Lipinski definition) is 2. The summed E-state index contributed by atoms with van der Waals surface area (Å²) in [5.41, 5.74) is 13.4. The standard InChI is InChI=1S/C38H25NOS/c1-4-10-35-30(7-1)31-8-2-5-11-36(31)39(35)28-16-18-29-27(19-28)23-41-22-26-14-13-24(20-34(26)29)25-15-17-33-32-9-3-6-12-37(32)40-38(33)21-25/h1-21H,22-23H2. The third kappa shape index (κ3) is 3.52. The van der Waals surface area contributed by atoms with Crippen molar-refractivity contribution < 1.29 is 4.42 Å². The number of nitrogens with zero attached hydrogens (tertiary/aromatic N) is 1. The minimum absolute atomic E-state index is 0.936. The Kier molecular flexibility index (Phi) is 4.99. The minimum Gasteiger partial charge on any atom is -0.456 e.